The Morgan fingerprint density at radius 1 is 1.30 bits per heavy atom. The molecule has 1 unspecified atom stereocenters. The predicted octanol–water partition coefficient (Wildman–Crippen LogP) is 1.25. The third-order valence-electron chi connectivity index (χ3n) is 2.46. The van der Waals surface area contributed by atoms with E-state index in [-0.39, 0.29) is 17.1 Å². The number of ketones is 1. The number of amides is 3. The summed E-state index contributed by atoms with van der Waals surface area (Å²) < 4.78 is 18.4. The first-order valence-electron chi connectivity index (χ1n) is 5.85. The Kier molecular flexibility index (Phi) is 5.19. The Bertz CT molecular complexity index is 545. The molecule has 6 nitrogen and oxygen atoms in total. The highest BCUT2D eigenvalue weighted by atomic mass is 19.1. The summed E-state index contributed by atoms with van der Waals surface area (Å²) in [5.74, 6) is -1.66. The van der Waals surface area contributed by atoms with E-state index >= 15 is 0 Å². The van der Waals surface area contributed by atoms with Gasteiger partial charge in [-0.3, -0.25) is 14.9 Å². The van der Waals surface area contributed by atoms with Crippen molar-refractivity contribution in [1.82, 2.24) is 10.6 Å². The van der Waals surface area contributed by atoms with Crippen molar-refractivity contribution in [2.24, 2.45) is 0 Å². The lowest BCUT2D eigenvalue weighted by molar-refractivity contribution is -0.126. The first-order chi connectivity index (χ1) is 9.35. The normalized spacial score (nSPS) is 11.4. The highest BCUT2D eigenvalue weighted by Gasteiger charge is 2.19. The lowest BCUT2D eigenvalue weighted by Gasteiger charge is -2.16. The number of urea groups is 1. The molecule has 0 saturated carbocycles. The van der Waals surface area contributed by atoms with Crippen molar-refractivity contribution in [1.29, 1.82) is 0 Å². The molecular formula is C13H15FN2O4. The summed E-state index contributed by atoms with van der Waals surface area (Å²) in [6, 6.07) is 2.73. The van der Waals surface area contributed by atoms with Gasteiger partial charge in [-0.2, -0.15) is 0 Å². The van der Waals surface area contributed by atoms with Crippen molar-refractivity contribution in [3.05, 3.63) is 29.6 Å². The maximum atomic E-state index is 13.2. The molecule has 0 aromatic heterocycles. The summed E-state index contributed by atoms with van der Waals surface area (Å²) in [5, 5.41) is 4.23. The van der Waals surface area contributed by atoms with E-state index < -0.39 is 23.9 Å². The monoisotopic (exact) mass is 282 g/mol. The van der Waals surface area contributed by atoms with E-state index in [9.17, 15) is 18.8 Å². The number of hydrogen-bond acceptors (Lipinski definition) is 4. The summed E-state index contributed by atoms with van der Waals surface area (Å²) in [5.41, 5.74) is 0.158. The summed E-state index contributed by atoms with van der Waals surface area (Å²) in [6.45, 7) is 2.68. The van der Waals surface area contributed by atoms with Crippen LogP contribution in [-0.2, 0) is 4.79 Å². The van der Waals surface area contributed by atoms with Gasteiger partial charge < -0.3 is 10.1 Å². The Balaban J connectivity index is 2.87. The molecule has 2 N–H and O–H groups in total. The van der Waals surface area contributed by atoms with Crippen molar-refractivity contribution in [3.8, 4) is 5.75 Å². The van der Waals surface area contributed by atoms with Gasteiger partial charge in [0.05, 0.1) is 5.56 Å². The number of carbonyl (C=O) groups excluding carboxylic acids is 3. The minimum absolute atomic E-state index is 0.0444. The molecule has 0 fully saturated rings. The molecule has 20 heavy (non-hydrogen) atoms. The molecule has 0 aliphatic carbocycles. The van der Waals surface area contributed by atoms with Crippen LogP contribution in [0.5, 0.6) is 5.75 Å². The molecule has 1 rings (SSSR count). The van der Waals surface area contributed by atoms with Crippen molar-refractivity contribution >= 4 is 17.7 Å². The van der Waals surface area contributed by atoms with Gasteiger partial charge in [-0.1, -0.05) is 0 Å². The topological polar surface area (TPSA) is 84.5 Å². The van der Waals surface area contributed by atoms with Crippen LogP contribution in [0.4, 0.5) is 9.18 Å². The number of halogens is 1. The minimum Gasteiger partial charge on any atom is -0.480 e. The number of rotatable bonds is 4. The Morgan fingerprint density at radius 2 is 1.95 bits per heavy atom. The first-order valence-corrected chi connectivity index (χ1v) is 5.85. The molecule has 0 aliphatic rings. The maximum Gasteiger partial charge on any atom is 0.321 e. The number of benzene rings is 1. The number of ether oxygens (including phenoxy) is 1. The average molecular weight is 282 g/mol. The quantitative estimate of drug-likeness (QED) is 0.814. The van der Waals surface area contributed by atoms with Crippen molar-refractivity contribution < 1.29 is 23.5 Å². The van der Waals surface area contributed by atoms with Gasteiger partial charge in [0.15, 0.2) is 11.9 Å². The van der Waals surface area contributed by atoms with Gasteiger partial charge in [-0.15, -0.1) is 0 Å². The molecule has 3 amide bonds. The van der Waals surface area contributed by atoms with Crippen LogP contribution < -0.4 is 15.4 Å². The van der Waals surface area contributed by atoms with Gasteiger partial charge in [-0.05, 0) is 26.0 Å². The van der Waals surface area contributed by atoms with Crippen LogP contribution in [0, 0.1) is 5.82 Å². The molecule has 7 heteroatoms. The lowest BCUT2D eigenvalue weighted by atomic mass is 10.1. The fraction of sp³-hybridized carbons (Fsp3) is 0.308. The van der Waals surface area contributed by atoms with Crippen molar-refractivity contribution in [2.45, 2.75) is 20.0 Å². The molecule has 0 radical (unpaired) electrons. The van der Waals surface area contributed by atoms with Gasteiger partial charge in [0.25, 0.3) is 5.91 Å². The van der Waals surface area contributed by atoms with Crippen LogP contribution in [0.25, 0.3) is 0 Å². The summed E-state index contributed by atoms with van der Waals surface area (Å²) in [4.78, 5) is 34.0. The standard InChI is InChI=1S/C13H15FN2O4/c1-7(17)10-5-4-9(14)6-11(10)20-8(2)12(18)16-13(19)15-3/h4-6,8H,1-3H3,(H2,15,16,18,19). The van der Waals surface area contributed by atoms with E-state index in [4.69, 9.17) is 4.74 Å². The number of hydrogen-bond donors (Lipinski definition) is 2. The van der Waals surface area contributed by atoms with Gasteiger partial charge in [-0.25, -0.2) is 9.18 Å². The summed E-state index contributed by atoms with van der Waals surface area (Å²) >= 11 is 0. The van der Waals surface area contributed by atoms with E-state index in [1.807, 2.05) is 5.32 Å². The van der Waals surface area contributed by atoms with E-state index in [1.54, 1.807) is 0 Å². The van der Waals surface area contributed by atoms with Crippen LogP contribution >= 0.6 is 0 Å². The first kappa shape index (κ1) is 15.6. The molecule has 0 saturated heterocycles. The molecule has 0 heterocycles. The van der Waals surface area contributed by atoms with Crippen LogP contribution in [0.2, 0.25) is 0 Å². The zero-order valence-electron chi connectivity index (χ0n) is 11.3. The third kappa shape index (κ3) is 4.04. The zero-order chi connectivity index (χ0) is 15.3. The molecule has 1 aromatic carbocycles. The van der Waals surface area contributed by atoms with Gasteiger partial charge in [0, 0.05) is 13.1 Å². The smallest absolute Gasteiger partial charge is 0.321 e. The molecular weight excluding hydrogens is 267 g/mol. The van der Waals surface area contributed by atoms with E-state index in [0.29, 0.717) is 0 Å². The SMILES string of the molecule is CNC(=O)NC(=O)C(C)Oc1cc(F)ccc1C(C)=O. The lowest BCUT2D eigenvalue weighted by Crippen LogP contribution is -2.44. The third-order valence-corrected chi connectivity index (χ3v) is 2.46. The summed E-state index contributed by atoms with van der Waals surface area (Å²) in [7, 11) is 1.36. The maximum absolute atomic E-state index is 13.2. The fourth-order valence-electron chi connectivity index (χ4n) is 1.40. The molecule has 0 bridgehead atoms. The van der Waals surface area contributed by atoms with Crippen LogP contribution in [0.15, 0.2) is 18.2 Å². The number of nitrogens with one attached hydrogen (secondary N) is 2. The van der Waals surface area contributed by atoms with E-state index in [0.717, 1.165) is 12.1 Å². The van der Waals surface area contributed by atoms with Crippen molar-refractivity contribution in [2.75, 3.05) is 7.05 Å². The minimum atomic E-state index is -1.06. The molecule has 0 aliphatic heterocycles. The van der Waals surface area contributed by atoms with Gasteiger partial charge >= 0.3 is 6.03 Å². The van der Waals surface area contributed by atoms with E-state index in [2.05, 4.69) is 5.32 Å². The second kappa shape index (κ2) is 6.65. The number of imide groups is 1. The highest BCUT2D eigenvalue weighted by molar-refractivity contribution is 5.98. The second-order valence-corrected chi connectivity index (χ2v) is 4.03. The summed E-state index contributed by atoms with van der Waals surface area (Å²) in [6.07, 6.45) is -1.06. The zero-order valence-corrected chi connectivity index (χ0v) is 11.3. The molecule has 108 valence electrons. The number of Topliss-reactive ketones (excluding diaryl/α,β-unsaturated/α-hetero) is 1. The number of carbonyl (C=O) groups is 3. The van der Waals surface area contributed by atoms with Crippen LogP contribution in [-0.4, -0.2) is 30.9 Å². The second-order valence-electron chi connectivity index (χ2n) is 4.03. The average Bonchev–Trinajstić information content (AvgIpc) is 2.38. The Labute approximate surface area is 115 Å². The van der Waals surface area contributed by atoms with Crippen molar-refractivity contribution in [3.63, 3.8) is 0 Å². The van der Waals surface area contributed by atoms with E-state index in [1.165, 1.54) is 27.0 Å². The Morgan fingerprint density at radius 3 is 2.50 bits per heavy atom. The molecule has 1 aromatic rings. The fourth-order valence-corrected chi connectivity index (χ4v) is 1.40. The Hall–Kier alpha value is -2.44. The molecule has 1 atom stereocenters. The van der Waals surface area contributed by atoms with Gasteiger partial charge in [0.2, 0.25) is 0 Å². The predicted molar refractivity (Wildman–Crippen MR) is 69.1 cm³/mol. The van der Waals surface area contributed by atoms with Gasteiger partial charge in [0.1, 0.15) is 11.6 Å². The molecule has 0 spiro atoms. The van der Waals surface area contributed by atoms with Crippen LogP contribution in [0.1, 0.15) is 24.2 Å². The highest BCUT2D eigenvalue weighted by Crippen LogP contribution is 2.21. The van der Waals surface area contributed by atoms with Crippen LogP contribution in [0.3, 0.4) is 0 Å². The largest absolute Gasteiger partial charge is 0.480 e.